The molecule has 1 amide bonds. The average molecular weight is 422 g/mol. The van der Waals surface area contributed by atoms with Gasteiger partial charge in [-0.2, -0.15) is 13.2 Å². The Morgan fingerprint density at radius 2 is 1.74 bits per heavy atom. The number of hydrogen-bond acceptors (Lipinski definition) is 4. The maximum atomic E-state index is 12.7. The monoisotopic (exact) mass is 421 g/mol. The summed E-state index contributed by atoms with van der Waals surface area (Å²) in [6, 6.07) is 8.89. The first kappa shape index (κ1) is 21.2. The van der Waals surface area contributed by atoms with E-state index in [-0.39, 0.29) is 10.6 Å². The van der Waals surface area contributed by atoms with Gasteiger partial charge in [0.05, 0.1) is 16.2 Å². The molecule has 27 heavy (non-hydrogen) atoms. The third-order valence-corrected chi connectivity index (χ3v) is 5.77. The lowest BCUT2D eigenvalue weighted by molar-refractivity contribution is -0.137. The van der Waals surface area contributed by atoms with Gasteiger partial charge in [-0.15, -0.1) is 0 Å². The van der Waals surface area contributed by atoms with E-state index in [0.717, 1.165) is 19.1 Å². The molecule has 0 aliphatic rings. The van der Waals surface area contributed by atoms with Crippen LogP contribution in [-0.4, -0.2) is 30.8 Å². The number of nitrogens with one attached hydrogen (secondary N) is 1. The van der Waals surface area contributed by atoms with Crippen LogP contribution < -0.4 is 5.32 Å². The Morgan fingerprint density at radius 1 is 1.15 bits per heavy atom. The number of sulfone groups is 1. The topological polar surface area (TPSA) is 83.5 Å². The summed E-state index contributed by atoms with van der Waals surface area (Å²) in [6.07, 6.45) is -4.61. The highest BCUT2D eigenvalue weighted by atomic mass is 35.5. The largest absolute Gasteiger partial charge is 0.416 e. The molecule has 10 heteroatoms. The molecule has 0 fully saturated rings. The van der Waals surface area contributed by atoms with Crippen molar-refractivity contribution in [3.05, 3.63) is 59.1 Å². The fourth-order valence-electron chi connectivity index (χ4n) is 2.20. The van der Waals surface area contributed by atoms with Crippen LogP contribution in [0.5, 0.6) is 0 Å². The molecule has 0 radical (unpaired) electrons. The zero-order valence-electron chi connectivity index (χ0n) is 13.9. The summed E-state index contributed by atoms with van der Waals surface area (Å²) in [5.74, 6) is -2.12. The van der Waals surface area contributed by atoms with Gasteiger partial charge < -0.3 is 10.4 Å². The van der Waals surface area contributed by atoms with Gasteiger partial charge >= 0.3 is 6.18 Å². The minimum atomic E-state index is -4.61. The molecular weight excluding hydrogens is 407 g/mol. The van der Waals surface area contributed by atoms with Gasteiger partial charge in [-0.3, -0.25) is 4.79 Å². The molecule has 0 heterocycles. The van der Waals surface area contributed by atoms with E-state index in [0.29, 0.717) is 11.1 Å². The second-order valence-electron chi connectivity index (χ2n) is 6.02. The Balaban J connectivity index is 2.19. The van der Waals surface area contributed by atoms with Gasteiger partial charge in [-0.05, 0) is 49.4 Å². The molecule has 0 spiro atoms. The van der Waals surface area contributed by atoms with Crippen LogP contribution in [0.1, 0.15) is 12.5 Å². The number of anilines is 1. The quantitative estimate of drug-likeness (QED) is 0.773. The lowest BCUT2D eigenvalue weighted by Gasteiger charge is -2.22. The van der Waals surface area contributed by atoms with Gasteiger partial charge in [-0.25, -0.2) is 8.42 Å². The van der Waals surface area contributed by atoms with Gasteiger partial charge in [0.25, 0.3) is 5.91 Å². The minimum Gasteiger partial charge on any atom is -0.379 e. The number of carbonyl (C=O) groups excluding carboxylic acids is 1. The Kier molecular flexibility index (Phi) is 5.88. The number of carbonyl (C=O) groups is 1. The van der Waals surface area contributed by atoms with Crippen molar-refractivity contribution in [2.75, 3.05) is 11.1 Å². The minimum absolute atomic E-state index is 0.154. The van der Waals surface area contributed by atoms with E-state index in [2.05, 4.69) is 5.32 Å². The summed E-state index contributed by atoms with van der Waals surface area (Å²) in [6.45, 7) is 0.962. The molecule has 5 nitrogen and oxygen atoms in total. The molecule has 2 aromatic rings. The maximum absolute atomic E-state index is 12.7. The standard InChI is InChI=1S/C17H15ClF3NO4S/c1-16(24,10-27(25,26)14-7-5-12(18)6-8-14)15(23)22-13-4-2-3-11(9-13)17(19,20)21/h2-9,24H,10H2,1H3,(H,22,23)/t16-/m1/s1. The predicted octanol–water partition coefficient (Wildman–Crippen LogP) is 3.52. The molecular formula is C17H15ClF3NO4S. The summed E-state index contributed by atoms with van der Waals surface area (Å²) >= 11 is 5.69. The SMILES string of the molecule is C[C@@](O)(CS(=O)(=O)c1ccc(Cl)cc1)C(=O)Nc1cccc(C(F)(F)F)c1. The van der Waals surface area contributed by atoms with Crippen molar-refractivity contribution in [2.24, 2.45) is 0 Å². The first-order chi connectivity index (χ1) is 12.3. The number of halogens is 4. The van der Waals surface area contributed by atoms with Crippen LogP contribution in [0.25, 0.3) is 0 Å². The summed E-state index contributed by atoms with van der Waals surface area (Å²) in [5.41, 5.74) is -3.60. The summed E-state index contributed by atoms with van der Waals surface area (Å²) in [7, 11) is -4.05. The van der Waals surface area contributed by atoms with Gasteiger partial charge in [0, 0.05) is 10.7 Å². The number of hydrogen-bond donors (Lipinski definition) is 2. The number of benzene rings is 2. The van der Waals surface area contributed by atoms with Gasteiger partial charge in [-0.1, -0.05) is 17.7 Å². The molecule has 2 aromatic carbocycles. The first-order valence-electron chi connectivity index (χ1n) is 7.51. The van der Waals surface area contributed by atoms with Crippen molar-refractivity contribution in [3.8, 4) is 0 Å². The highest BCUT2D eigenvalue weighted by Gasteiger charge is 2.37. The van der Waals surface area contributed by atoms with Crippen molar-refractivity contribution in [1.82, 2.24) is 0 Å². The number of amides is 1. The van der Waals surface area contributed by atoms with Crippen LogP contribution in [0.4, 0.5) is 18.9 Å². The molecule has 0 saturated heterocycles. The van der Waals surface area contributed by atoms with Crippen LogP contribution in [0.2, 0.25) is 5.02 Å². The Bertz CT molecular complexity index is 941. The molecule has 1 atom stereocenters. The summed E-state index contributed by atoms with van der Waals surface area (Å²) < 4.78 is 62.9. The molecule has 146 valence electrons. The van der Waals surface area contributed by atoms with Crippen molar-refractivity contribution in [3.63, 3.8) is 0 Å². The summed E-state index contributed by atoms with van der Waals surface area (Å²) in [5, 5.41) is 12.7. The Morgan fingerprint density at radius 3 is 2.30 bits per heavy atom. The predicted molar refractivity (Wildman–Crippen MR) is 94.2 cm³/mol. The number of aliphatic hydroxyl groups is 1. The molecule has 0 bridgehead atoms. The normalized spacial score (nSPS) is 14.4. The third kappa shape index (κ3) is 5.44. The second-order valence-corrected chi connectivity index (χ2v) is 8.45. The second kappa shape index (κ2) is 7.49. The molecule has 2 rings (SSSR count). The van der Waals surface area contributed by atoms with Crippen molar-refractivity contribution >= 4 is 33.0 Å². The average Bonchev–Trinajstić information content (AvgIpc) is 2.53. The van der Waals surface area contributed by atoms with Crippen LogP contribution in [0, 0.1) is 0 Å². The zero-order chi connectivity index (χ0) is 20.5. The maximum Gasteiger partial charge on any atom is 0.416 e. The van der Waals surface area contributed by atoms with Gasteiger partial charge in [0.2, 0.25) is 0 Å². The summed E-state index contributed by atoms with van der Waals surface area (Å²) in [4.78, 5) is 12.1. The lowest BCUT2D eigenvalue weighted by Crippen LogP contribution is -2.45. The van der Waals surface area contributed by atoms with E-state index in [1.54, 1.807) is 0 Å². The van der Waals surface area contributed by atoms with Crippen molar-refractivity contribution in [2.45, 2.75) is 23.6 Å². The van der Waals surface area contributed by atoms with Gasteiger partial charge in [0.15, 0.2) is 15.4 Å². The van der Waals surface area contributed by atoms with E-state index in [4.69, 9.17) is 11.6 Å². The fraction of sp³-hybridized carbons (Fsp3) is 0.235. The number of rotatable bonds is 5. The first-order valence-corrected chi connectivity index (χ1v) is 9.54. The smallest absolute Gasteiger partial charge is 0.379 e. The van der Waals surface area contributed by atoms with Gasteiger partial charge in [0.1, 0.15) is 0 Å². The molecule has 2 N–H and O–H groups in total. The highest BCUT2D eigenvalue weighted by molar-refractivity contribution is 7.91. The molecule has 0 saturated carbocycles. The fourth-order valence-corrected chi connectivity index (χ4v) is 3.91. The molecule has 0 aliphatic heterocycles. The van der Waals surface area contributed by atoms with E-state index >= 15 is 0 Å². The Labute approximate surface area is 158 Å². The third-order valence-electron chi connectivity index (χ3n) is 3.58. The van der Waals surface area contributed by atoms with Crippen molar-refractivity contribution < 1.29 is 31.5 Å². The van der Waals surface area contributed by atoms with E-state index < -0.39 is 38.8 Å². The molecule has 0 aliphatic carbocycles. The Hall–Kier alpha value is -2.10. The zero-order valence-corrected chi connectivity index (χ0v) is 15.5. The van der Waals surface area contributed by atoms with E-state index in [9.17, 15) is 31.5 Å². The van der Waals surface area contributed by atoms with E-state index in [1.807, 2.05) is 0 Å². The van der Waals surface area contributed by atoms with E-state index in [1.165, 1.54) is 30.3 Å². The van der Waals surface area contributed by atoms with Crippen LogP contribution in [0.3, 0.4) is 0 Å². The molecule has 0 unspecified atom stereocenters. The highest BCUT2D eigenvalue weighted by Crippen LogP contribution is 2.31. The lowest BCUT2D eigenvalue weighted by atomic mass is 10.1. The number of alkyl halides is 3. The van der Waals surface area contributed by atoms with Crippen molar-refractivity contribution in [1.29, 1.82) is 0 Å². The van der Waals surface area contributed by atoms with Crippen LogP contribution in [0.15, 0.2) is 53.4 Å². The molecule has 0 aromatic heterocycles. The van der Waals surface area contributed by atoms with Crippen LogP contribution >= 0.6 is 11.6 Å². The van der Waals surface area contributed by atoms with Crippen LogP contribution in [-0.2, 0) is 20.8 Å².